The molecule has 0 radical (unpaired) electrons. The van der Waals surface area contributed by atoms with Crippen LogP contribution in [-0.4, -0.2) is 32.8 Å². The highest BCUT2D eigenvalue weighted by Crippen LogP contribution is 2.11. The molecule has 1 aromatic rings. The first kappa shape index (κ1) is 17.7. The van der Waals surface area contributed by atoms with Crippen molar-refractivity contribution >= 4 is 18.3 Å². The molecule has 0 atom stereocenters. The number of benzene rings is 1. The van der Waals surface area contributed by atoms with E-state index < -0.39 is 0 Å². The number of nitrogens with one attached hydrogen (secondary N) is 1. The van der Waals surface area contributed by atoms with Gasteiger partial charge >= 0.3 is 0 Å². The molecule has 6 heteroatoms. The van der Waals surface area contributed by atoms with Crippen LogP contribution >= 0.6 is 12.4 Å². The highest BCUT2D eigenvalue weighted by atomic mass is 35.5. The molecule has 19 heavy (non-hydrogen) atoms. The Morgan fingerprint density at radius 2 is 1.95 bits per heavy atom. The number of amides is 1. The SMILES string of the molecule is COCCOc1ccc(CNC(=O)CCN)cc1.Cl. The Balaban J connectivity index is 0.00000324. The van der Waals surface area contributed by atoms with E-state index in [1.54, 1.807) is 7.11 Å². The smallest absolute Gasteiger partial charge is 0.221 e. The maximum atomic E-state index is 11.2. The number of carbonyl (C=O) groups is 1. The Hall–Kier alpha value is -1.30. The zero-order valence-electron chi connectivity index (χ0n) is 11.1. The molecular weight excluding hydrogens is 268 g/mol. The van der Waals surface area contributed by atoms with E-state index in [4.69, 9.17) is 15.2 Å². The topological polar surface area (TPSA) is 73.6 Å². The van der Waals surface area contributed by atoms with Crippen LogP contribution in [0.2, 0.25) is 0 Å². The molecule has 0 bridgehead atoms. The molecule has 0 aromatic heterocycles. The van der Waals surface area contributed by atoms with Gasteiger partial charge in [-0.2, -0.15) is 0 Å². The second kappa shape index (κ2) is 10.6. The van der Waals surface area contributed by atoms with Crippen molar-refractivity contribution in [3.8, 4) is 5.75 Å². The highest BCUT2D eigenvalue weighted by molar-refractivity contribution is 5.85. The van der Waals surface area contributed by atoms with Crippen molar-refractivity contribution in [2.75, 3.05) is 26.9 Å². The van der Waals surface area contributed by atoms with Crippen LogP contribution in [-0.2, 0) is 16.1 Å². The number of halogens is 1. The van der Waals surface area contributed by atoms with Gasteiger partial charge in [0.1, 0.15) is 12.4 Å². The van der Waals surface area contributed by atoms with Crippen LogP contribution in [0.25, 0.3) is 0 Å². The van der Waals surface area contributed by atoms with Gasteiger partial charge in [-0.1, -0.05) is 12.1 Å². The third-order valence-corrected chi connectivity index (χ3v) is 2.34. The van der Waals surface area contributed by atoms with Crippen molar-refractivity contribution in [3.63, 3.8) is 0 Å². The van der Waals surface area contributed by atoms with E-state index in [2.05, 4.69) is 5.32 Å². The lowest BCUT2D eigenvalue weighted by Gasteiger charge is -2.07. The second-order valence-electron chi connectivity index (χ2n) is 3.80. The van der Waals surface area contributed by atoms with Gasteiger partial charge in [0, 0.05) is 26.6 Å². The summed E-state index contributed by atoms with van der Waals surface area (Å²) in [4.78, 5) is 11.2. The van der Waals surface area contributed by atoms with Crippen LogP contribution in [0.4, 0.5) is 0 Å². The summed E-state index contributed by atoms with van der Waals surface area (Å²) in [6.45, 7) is 1.98. The van der Waals surface area contributed by atoms with Crippen LogP contribution in [0.5, 0.6) is 5.75 Å². The molecule has 0 fully saturated rings. The lowest BCUT2D eigenvalue weighted by atomic mass is 10.2. The van der Waals surface area contributed by atoms with Gasteiger partial charge in [0.15, 0.2) is 0 Å². The minimum Gasteiger partial charge on any atom is -0.491 e. The summed E-state index contributed by atoms with van der Waals surface area (Å²) in [5, 5.41) is 2.79. The number of hydrogen-bond acceptors (Lipinski definition) is 4. The fourth-order valence-corrected chi connectivity index (χ4v) is 1.37. The largest absolute Gasteiger partial charge is 0.491 e. The minimum atomic E-state index is -0.0297. The molecule has 108 valence electrons. The molecular formula is C13H21ClN2O3. The first-order valence-electron chi connectivity index (χ1n) is 5.93. The third-order valence-electron chi connectivity index (χ3n) is 2.34. The van der Waals surface area contributed by atoms with E-state index in [9.17, 15) is 4.79 Å². The van der Waals surface area contributed by atoms with E-state index >= 15 is 0 Å². The van der Waals surface area contributed by atoms with Crippen LogP contribution in [0.1, 0.15) is 12.0 Å². The van der Waals surface area contributed by atoms with Crippen LogP contribution < -0.4 is 15.8 Å². The van der Waals surface area contributed by atoms with Crippen LogP contribution in [0.3, 0.4) is 0 Å². The molecule has 0 aliphatic carbocycles. The number of methoxy groups -OCH3 is 1. The first-order valence-corrected chi connectivity index (χ1v) is 5.93. The van der Waals surface area contributed by atoms with Gasteiger partial charge < -0.3 is 20.5 Å². The quantitative estimate of drug-likeness (QED) is 0.703. The molecule has 1 amide bonds. The average molecular weight is 289 g/mol. The van der Waals surface area contributed by atoms with Crippen molar-refractivity contribution in [1.82, 2.24) is 5.32 Å². The number of rotatable bonds is 8. The van der Waals surface area contributed by atoms with Crippen LogP contribution in [0.15, 0.2) is 24.3 Å². The molecule has 0 aliphatic heterocycles. The van der Waals surface area contributed by atoms with Gasteiger partial charge in [-0.05, 0) is 17.7 Å². The van der Waals surface area contributed by atoms with Crippen molar-refractivity contribution < 1.29 is 14.3 Å². The minimum absolute atomic E-state index is 0. The maximum absolute atomic E-state index is 11.2. The van der Waals surface area contributed by atoms with Crippen molar-refractivity contribution in [2.45, 2.75) is 13.0 Å². The summed E-state index contributed by atoms with van der Waals surface area (Å²) >= 11 is 0. The normalized spacial score (nSPS) is 9.58. The lowest BCUT2D eigenvalue weighted by molar-refractivity contribution is -0.121. The Morgan fingerprint density at radius 1 is 1.26 bits per heavy atom. The number of nitrogens with two attached hydrogens (primary N) is 1. The summed E-state index contributed by atoms with van der Waals surface area (Å²) in [5.41, 5.74) is 6.32. The third kappa shape index (κ3) is 7.66. The fourth-order valence-electron chi connectivity index (χ4n) is 1.37. The van der Waals surface area contributed by atoms with Gasteiger partial charge in [-0.15, -0.1) is 12.4 Å². The van der Waals surface area contributed by atoms with Crippen molar-refractivity contribution in [3.05, 3.63) is 29.8 Å². The predicted octanol–water partition coefficient (Wildman–Crippen LogP) is 1.10. The first-order chi connectivity index (χ1) is 8.76. The van der Waals surface area contributed by atoms with Gasteiger partial charge in [0.25, 0.3) is 0 Å². The summed E-state index contributed by atoms with van der Waals surface area (Å²) < 4.78 is 10.3. The number of hydrogen-bond donors (Lipinski definition) is 2. The zero-order chi connectivity index (χ0) is 13.2. The van der Waals surface area contributed by atoms with Gasteiger partial charge in [-0.3, -0.25) is 4.79 Å². The van der Waals surface area contributed by atoms with E-state index in [0.717, 1.165) is 11.3 Å². The molecule has 0 saturated carbocycles. The molecule has 0 heterocycles. The predicted molar refractivity (Wildman–Crippen MR) is 76.6 cm³/mol. The Kier molecular flexibility index (Phi) is 9.88. The molecule has 1 aromatic carbocycles. The van der Waals surface area contributed by atoms with Gasteiger partial charge in [0.2, 0.25) is 5.91 Å². The van der Waals surface area contributed by atoms with Gasteiger partial charge in [-0.25, -0.2) is 0 Å². The molecule has 0 spiro atoms. The monoisotopic (exact) mass is 288 g/mol. The molecule has 0 saturated heterocycles. The Morgan fingerprint density at radius 3 is 2.53 bits per heavy atom. The molecule has 0 aliphatic rings. The van der Waals surface area contributed by atoms with Crippen molar-refractivity contribution in [2.24, 2.45) is 5.73 Å². The van der Waals surface area contributed by atoms with Gasteiger partial charge in [0.05, 0.1) is 6.61 Å². The highest BCUT2D eigenvalue weighted by Gasteiger charge is 2.00. The second-order valence-corrected chi connectivity index (χ2v) is 3.80. The number of carbonyl (C=O) groups excluding carboxylic acids is 1. The fraction of sp³-hybridized carbons (Fsp3) is 0.462. The van der Waals surface area contributed by atoms with E-state index in [-0.39, 0.29) is 18.3 Å². The summed E-state index contributed by atoms with van der Waals surface area (Å²) in [6, 6.07) is 7.59. The Bertz CT molecular complexity index is 357. The summed E-state index contributed by atoms with van der Waals surface area (Å²) in [5.74, 6) is 0.766. The summed E-state index contributed by atoms with van der Waals surface area (Å²) in [6.07, 6.45) is 0.359. The van der Waals surface area contributed by atoms with E-state index in [0.29, 0.717) is 32.7 Å². The lowest BCUT2D eigenvalue weighted by Crippen LogP contribution is -2.24. The Labute approximate surface area is 119 Å². The number of ether oxygens (including phenoxy) is 2. The molecule has 3 N–H and O–H groups in total. The maximum Gasteiger partial charge on any atom is 0.221 e. The molecule has 0 unspecified atom stereocenters. The zero-order valence-corrected chi connectivity index (χ0v) is 11.9. The van der Waals surface area contributed by atoms with E-state index in [1.165, 1.54) is 0 Å². The average Bonchev–Trinajstić information content (AvgIpc) is 2.38. The van der Waals surface area contributed by atoms with E-state index in [1.807, 2.05) is 24.3 Å². The molecule has 1 rings (SSSR count). The standard InChI is InChI=1S/C13H20N2O3.ClH/c1-17-8-9-18-12-4-2-11(3-5-12)10-15-13(16)6-7-14;/h2-5H,6-10,14H2,1H3,(H,15,16);1H. The van der Waals surface area contributed by atoms with Crippen LogP contribution in [0, 0.1) is 0 Å². The molecule has 5 nitrogen and oxygen atoms in total. The summed E-state index contributed by atoms with van der Waals surface area (Å²) in [7, 11) is 1.64. The van der Waals surface area contributed by atoms with Crippen molar-refractivity contribution in [1.29, 1.82) is 0 Å².